The number of rotatable bonds is 4. The van der Waals surface area contributed by atoms with Crippen molar-refractivity contribution in [3.05, 3.63) is 31.9 Å². The Morgan fingerprint density at radius 1 is 1.38 bits per heavy atom. The maximum absolute atomic E-state index is 11.5. The molecule has 1 saturated carbocycles. The highest BCUT2D eigenvalue weighted by atomic mass is 127. The molecule has 1 aliphatic rings. The van der Waals surface area contributed by atoms with Crippen LogP contribution in [0.2, 0.25) is 0 Å². The van der Waals surface area contributed by atoms with Crippen molar-refractivity contribution in [3.8, 4) is 0 Å². The number of esters is 1. The van der Waals surface area contributed by atoms with E-state index in [1.807, 2.05) is 6.07 Å². The fraction of sp³-hybridized carbons (Fsp3) is 0.500. The van der Waals surface area contributed by atoms with Crippen molar-refractivity contribution in [2.75, 3.05) is 12.4 Å². The number of nitrogens with one attached hydrogen (secondary N) is 1. The van der Waals surface area contributed by atoms with Crippen molar-refractivity contribution in [1.29, 1.82) is 0 Å². The lowest BCUT2D eigenvalue weighted by molar-refractivity contribution is -0.384. The van der Waals surface area contributed by atoms with Crippen molar-refractivity contribution in [1.82, 2.24) is 0 Å². The van der Waals surface area contributed by atoms with Crippen molar-refractivity contribution in [2.45, 2.75) is 31.7 Å². The third-order valence-corrected chi connectivity index (χ3v) is 4.45. The number of halogens is 1. The number of hydrogen-bond acceptors (Lipinski definition) is 5. The molecular formula is C14H17IN2O4. The van der Waals surface area contributed by atoms with Crippen molar-refractivity contribution < 1.29 is 14.5 Å². The quantitative estimate of drug-likeness (QED) is 0.360. The first-order valence-electron chi connectivity index (χ1n) is 6.79. The summed E-state index contributed by atoms with van der Waals surface area (Å²) in [6.45, 7) is 0. The molecule has 0 aliphatic heterocycles. The van der Waals surface area contributed by atoms with Gasteiger partial charge in [0.1, 0.15) is 5.69 Å². The molecule has 0 unspecified atom stereocenters. The number of carbonyl (C=O) groups is 1. The van der Waals surface area contributed by atoms with Crippen LogP contribution in [0.1, 0.15) is 25.7 Å². The number of benzene rings is 1. The second kappa shape index (κ2) is 7.06. The van der Waals surface area contributed by atoms with Crippen LogP contribution in [0.15, 0.2) is 18.2 Å². The van der Waals surface area contributed by atoms with E-state index < -0.39 is 0 Å². The van der Waals surface area contributed by atoms with Gasteiger partial charge < -0.3 is 10.1 Å². The fourth-order valence-electron chi connectivity index (χ4n) is 2.64. The highest BCUT2D eigenvalue weighted by molar-refractivity contribution is 14.1. The summed E-state index contributed by atoms with van der Waals surface area (Å²) in [5, 5.41) is 14.3. The Labute approximate surface area is 136 Å². The van der Waals surface area contributed by atoms with Gasteiger partial charge in [-0.1, -0.05) is 0 Å². The lowest BCUT2D eigenvalue weighted by Crippen LogP contribution is -2.30. The summed E-state index contributed by atoms with van der Waals surface area (Å²) in [6, 6.07) is 5.30. The summed E-state index contributed by atoms with van der Waals surface area (Å²) in [4.78, 5) is 22.2. The van der Waals surface area contributed by atoms with Crippen LogP contribution in [0.4, 0.5) is 11.4 Å². The summed E-state index contributed by atoms with van der Waals surface area (Å²) in [6.07, 6.45) is 3.12. The predicted octanol–water partition coefficient (Wildman–Crippen LogP) is 3.34. The van der Waals surface area contributed by atoms with Gasteiger partial charge in [0.15, 0.2) is 0 Å². The van der Waals surface area contributed by atoms with E-state index in [9.17, 15) is 14.9 Å². The van der Waals surface area contributed by atoms with Gasteiger partial charge in [-0.2, -0.15) is 0 Å². The van der Waals surface area contributed by atoms with Crippen LogP contribution in [0, 0.1) is 19.6 Å². The van der Waals surface area contributed by atoms with Gasteiger partial charge in [0.2, 0.25) is 0 Å². The van der Waals surface area contributed by atoms with E-state index >= 15 is 0 Å². The number of nitro benzene ring substituents is 1. The second-order valence-electron chi connectivity index (χ2n) is 5.13. The number of hydrogen-bond donors (Lipinski definition) is 1. The monoisotopic (exact) mass is 404 g/mol. The molecule has 1 aromatic carbocycles. The Balaban J connectivity index is 2.01. The Morgan fingerprint density at radius 3 is 2.62 bits per heavy atom. The van der Waals surface area contributed by atoms with Crippen LogP contribution in [0.5, 0.6) is 0 Å². The van der Waals surface area contributed by atoms with E-state index in [1.165, 1.54) is 7.11 Å². The Bertz CT molecular complexity index is 542. The zero-order valence-corrected chi connectivity index (χ0v) is 13.8. The van der Waals surface area contributed by atoms with Crippen LogP contribution < -0.4 is 5.32 Å². The molecular weight excluding hydrogens is 387 g/mol. The molecule has 0 atom stereocenters. The lowest BCUT2D eigenvalue weighted by Gasteiger charge is -2.28. The van der Waals surface area contributed by atoms with Crippen molar-refractivity contribution >= 4 is 39.9 Å². The predicted molar refractivity (Wildman–Crippen MR) is 87.2 cm³/mol. The minimum Gasteiger partial charge on any atom is -0.469 e. The molecule has 0 spiro atoms. The molecule has 1 N–H and O–H groups in total. The average molecular weight is 404 g/mol. The van der Waals surface area contributed by atoms with E-state index in [4.69, 9.17) is 4.74 Å². The number of nitro groups is 1. The zero-order chi connectivity index (χ0) is 15.4. The molecule has 7 heteroatoms. The Hall–Kier alpha value is -1.38. The first-order valence-corrected chi connectivity index (χ1v) is 7.87. The van der Waals surface area contributed by atoms with Crippen LogP contribution in [-0.4, -0.2) is 24.0 Å². The summed E-state index contributed by atoms with van der Waals surface area (Å²) < 4.78 is 5.59. The highest BCUT2D eigenvalue weighted by Crippen LogP contribution is 2.31. The van der Waals surface area contributed by atoms with Crippen molar-refractivity contribution in [2.24, 2.45) is 5.92 Å². The third kappa shape index (κ3) is 4.05. The van der Waals surface area contributed by atoms with Crippen molar-refractivity contribution in [3.63, 3.8) is 0 Å². The molecule has 1 aliphatic carbocycles. The van der Waals surface area contributed by atoms with Gasteiger partial charge >= 0.3 is 5.97 Å². The van der Waals surface area contributed by atoms with Gasteiger partial charge in [0.05, 0.1) is 18.0 Å². The highest BCUT2D eigenvalue weighted by Gasteiger charge is 2.28. The Kier molecular flexibility index (Phi) is 5.38. The molecule has 0 saturated heterocycles. The topological polar surface area (TPSA) is 81.5 Å². The van der Waals surface area contributed by atoms with E-state index in [0.29, 0.717) is 5.69 Å². The number of methoxy groups -OCH3 is 1. The van der Waals surface area contributed by atoms with Crippen LogP contribution in [0.3, 0.4) is 0 Å². The maximum Gasteiger partial charge on any atom is 0.308 e. The van der Waals surface area contributed by atoms with E-state index in [2.05, 4.69) is 27.9 Å². The summed E-state index contributed by atoms with van der Waals surface area (Å²) >= 11 is 2.06. The van der Waals surface area contributed by atoms with E-state index in [0.717, 1.165) is 29.3 Å². The largest absolute Gasteiger partial charge is 0.469 e. The molecule has 0 radical (unpaired) electrons. The first kappa shape index (κ1) is 16.0. The van der Waals surface area contributed by atoms with E-state index in [-0.39, 0.29) is 28.5 Å². The third-order valence-electron chi connectivity index (χ3n) is 3.78. The molecule has 0 amide bonds. The fourth-order valence-corrected chi connectivity index (χ4v) is 3.11. The molecule has 114 valence electrons. The van der Waals surface area contributed by atoms with Gasteiger partial charge in [-0.25, -0.2) is 0 Å². The number of carbonyl (C=O) groups excluding carboxylic acids is 1. The number of ether oxygens (including phenoxy) is 1. The summed E-state index contributed by atoms with van der Waals surface area (Å²) in [7, 11) is 1.40. The van der Waals surface area contributed by atoms with Gasteiger partial charge in [0.25, 0.3) is 5.69 Å². The molecule has 0 bridgehead atoms. The molecule has 1 fully saturated rings. The van der Waals surface area contributed by atoms with Crippen LogP contribution >= 0.6 is 22.6 Å². The smallest absolute Gasteiger partial charge is 0.308 e. The van der Waals surface area contributed by atoms with Gasteiger partial charge in [-0.15, -0.1) is 0 Å². The molecule has 0 aromatic heterocycles. The molecule has 6 nitrogen and oxygen atoms in total. The minimum absolute atomic E-state index is 0.0419. The average Bonchev–Trinajstić information content (AvgIpc) is 2.49. The van der Waals surface area contributed by atoms with E-state index in [1.54, 1.807) is 12.1 Å². The van der Waals surface area contributed by atoms with Crippen LogP contribution in [-0.2, 0) is 9.53 Å². The SMILES string of the molecule is COC(=O)C1CCC(Nc2ccc(I)cc2[N+](=O)[O-])CC1. The lowest BCUT2D eigenvalue weighted by atomic mass is 9.86. The number of nitrogens with zero attached hydrogens (tertiary/aromatic N) is 1. The van der Waals surface area contributed by atoms with Gasteiger partial charge in [-0.3, -0.25) is 14.9 Å². The molecule has 1 aromatic rings. The van der Waals surface area contributed by atoms with Gasteiger partial charge in [-0.05, 0) is 60.4 Å². The van der Waals surface area contributed by atoms with Crippen LogP contribution in [0.25, 0.3) is 0 Å². The molecule has 0 heterocycles. The Morgan fingerprint density at radius 2 is 2.05 bits per heavy atom. The maximum atomic E-state index is 11.5. The molecule has 2 rings (SSSR count). The second-order valence-corrected chi connectivity index (χ2v) is 6.38. The summed E-state index contributed by atoms with van der Waals surface area (Å²) in [5.74, 6) is -0.201. The first-order chi connectivity index (χ1) is 10.0. The standard InChI is InChI=1S/C14H17IN2O4/c1-21-14(18)9-2-5-11(6-3-9)16-12-7-4-10(15)8-13(12)17(19)20/h4,7-9,11,16H,2-3,5-6H2,1H3. The summed E-state index contributed by atoms with van der Waals surface area (Å²) in [5.41, 5.74) is 0.638. The molecule has 21 heavy (non-hydrogen) atoms. The zero-order valence-electron chi connectivity index (χ0n) is 11.7. The van der Waals surface area contributed by atoms with Gasteiger partial charge in [0, 0.05) is 15.7 Å². The number of anilines is 1. The normalized spacial score (nSPS) is 21.6. The minimum atomic E-state index is -0.370.